The SMILES string of the molecule is Cc1cc(Nc2ccc(C)n3c(C#Cc4cc(C(=O)NC5=CC(C(F)(F)F)=C(CN6CCN(C)CC6)CC5)ccc4C)cnc23)no1. The van der Waals surface area contributed by atoms with Crippen molar-refractivity contribution >= 4 is 23.1 Å². The Hall–Kier alpha value is -4.86. The van der Waals surface area contributed by atoms with Gasteiger partial charge in [0, 0.05) is 61.3 Å². The topological polar surface area (TPSA) is 90.9 Å². The third-order valence-corrected chi connectivity index (χ3v) is 8.55. The molecule has 244 valence electrons. The number of hydrogen-bond acceptors (Lipinski definition) is 7. The number of rotatable bonds is 6. The van der Waals surface area contributed by atoms with E-state index in [4.69, 9.17) is 4.52 Å². The van der Waals surface area contributed by atoms with E-state index in [1.54, 1.807) is 30.5 Å². The summed E-state index contributed by atoms with van der Waals surface area (Å²) in [7, 11) is 2.01. The summed E-state index contributed by atoms with van der Waals surface area (Å²) in [6.07, 6.45) is -1.16. The number of anilines is 2. The lowest BCUT2D eigenvalue weighted by molar-refractivity contribution is -0.0898. The number of nitrogens with zero attached hydrogens (tertiary/aromatic N) is 5. The zero-order valence-electron chi connectivity index (χ0n) is 26.8. The Balaban J connectivity index is 1.21. The number of imidazole rings is 1. The monoisotopic (exact) mass is 643 g/mol. The second-order valence-corrected chi connectivity index (χ2v) is 12.1. The van der Waals surface area contributed by atoms with Crippen molar-refractivity contribution in [1.29, 1.82) is 0 Å². The first-order valence-electron chi connectivity index (χ1n) is 15.5. The Labute approximate surface area is 271 Å². The summed E-state index contributed by atoms with van der Waals surface area (Å²) >= 11 is 0. The molecule has 1 aliphatic heterocycles. The fourth-order valence-electron chi connectivity index (χ4n) is 5.84. The summed E-state index contributed by atoms with van der Waals surface area (Å²) in [5.74, 6) is 7.11. The maximum atomic E-state index is 14.1. The summed E-state index contributed by atoms with van der Waals surface area (Å²) in [6, 6.07) is 10.7. The molecule has 0 saturated carbocycles. The van der Waals surface area contributed by atoms with Crippen LogP contribution in [0.2, 0.25) is 0 Å². The van der Waals surface area contributed by atoms with E-state index in [1.807, 2.05) is 44.4 Å². The number of carbonyl (C=O) groups is 1. The number of amides is 1. The Morgan fingerprint density at radius 2 is 1.81 bits per heavy atom. The summed E-state index contributed by atoms with van der Waals surface area (Å²) < 4.78 is 49.4. The highest BCUT2D eigenvalue weighted by Crippen LogP contribution is 2.36. The van der Waals surface area contributed by atoms with Crippen LogP contribution >= 0.6 is 0 Å². The van der Waals surface area contributed by atoms with Gasteiger partial charge in [-0.2, -0.15) is 13.2 Å². The van der Waals surface area contributed by atoms with E-state index in [9.17, 15) is 18.0 Å². The number of halogens is 3. The number of likely N-dealkylation sites (N-methyl/N-ethyl adjacent to an activating group) is 1. The van der Waals surface area contributed by atoms with Gasteiger partial charge in [0.1, 0.15) is 11.5 Å². The first-order chi connectivity index (χ1) is 22.4. The number of nitrogens with one attached hydrogen (secondary N) is 2. The zero-order chi connectivity index (χ0) is 33.3. The van der Waals surface area contributed by atoms with Crippen LogP contribution in [0.15, 0.2) is 70.0 Å². The summed E-state index contributed by atoms with van der Waals surface area (Å²) in [5.41, 5.74) is 4.73. The summed E-state index contributed by atoms with van der Waals surface area (Å²) in [6.45, 7) is 9.06. The van der Waals surface area contributed by atoms with Crippen LogP contribution in [0.3, 0.4) is 0 Å². The molecule has 47 heavy (non-hydrogen) atoms. The van der Waals surface area contributed by atoms with Crippen molar-refractivity contribution in [2.45, 2.75) is 39.8 Å². The van der Waals surface area contributed by atoms with E-state index >= 15 is 0 Å². The minimum absolute atomic E-state index is 0.242. The smallest absolute Gasteiger partial charge is 0.360 e. The first-order valence-corrected chi connectivity index (χ1v) is 15.5. The van der Waals surface area contributed by atoms with Crippen molar-refractivity contribution in [1.82, 2.24) is 29.7 Å². The number of piperazine rings is 1. The van der Waals surface area contributed by atoms with Crippen molar-refractivity contribution in [2.24, 2.45) is 0 Å². The number of hydrogen-bond donors (Lipinski definition) is 2. The number of fused-ring (bicyclic) bond motifs is 1. The Kier molecular flexibility index (Phi) is 8.94. The molecular weight excluding hydrogens is 607 g/mol. The van der Waals surface area contributed by atoms with E-state index in [-0.39, 0.29) is 18.7 Å². The molecule has 0 bridgehead atoms. The zero-order valence-corrected chi connectivity index (χ0v) is 26.8. The van der Waals surface area contributed by atoms with Gasteiger partial charge in [-0.25, -0.2) is 4.98 Å². The number of aryl methyl sites for hydroxylation is 3. The van der Waals surface area contributed by atoms with Crippen LogP contribution in [-0.4, -0.2) is 76.2 Å². The molecule has 1 fully saturated rings. The minimum atomic E-state index is -4.51. The van der Waals surface area contributed by atoms with E-state index in [2.05, 4.69) is 42.4 Å². The van der Waals surface area contributed by atoms with Gasteiger partial charge < -0.3 is 20.1 Å². The Morgan fingerprint density at radius 1 is 1.02 bits per heavy atom. The molecule has 3 aromatic heterocycles. The van der Waals surface area contributed by atoms with Crippen LogP contribution in [0.5, 0.6) is 0 Å². The number of pyridine rings is 1. The average Bonchev–Trinajstić information content (AvgIpc) is 3.66. The van der Waals surface area contributed by atoms with Gasteiger partial charge in [-0.1, -0.05) is 17.1 Å². The van der Waals surface area contributed by atoms with Crippen LogP contribution in [0.4, 0.5) is 24.7 Å². The maximum Gasteiger partial charge on any atom is 0.416 e. The highest BCUT2D eigenvalue weighted by Gasteiger charge is 2.37. The van der Waals surface area contributed by atoms with Crippen LogP contribution in [0.25, 0.3) is 5.65 Å². The van der Waals surface area contributed by atoms with Crippen molar-refractivity contribution in [3.05, 3.63) is 99.4 Å². The van der Waals surface area contributed by atoms with Gasteiger partial charge >= 0.3 is 6.18 Å². The molecular formula is C35H36F3N7O2. The quantitative estimate of drug-likeness (QED) is 0.253. The lowest BCUT2D eigenvalue weighted by Crippen LogP contribution is -2.45. The van der Waals surface area contributed by atoms with Gasteiger partial charge in [0.05, 0.1) is 17.5 Å². The molecule has 0 radical (unpaired) electrons. The first kappa shape index (κ1) is 32.1. The fourth-order valence-corrected chi connectivity index (χ4v) is 5.84. The standard InChI is InChI=1S/C35H36F3N7O2/c1-22-5-7-26(34(46)40-28-10-8-27(30(19-28)35(36,37)38)21-44-15-13-43(4)14-16-44)18-25(22)9-11-29-20-39-33-31(12-6-23(2)45(29)33)41-32-17-24(3)47-42-32/h5-7,12,17-20H,8,10,13-16,21H2,1-4H3,(H,40,46)(H,41,42). The molecule has 6 rings (SSSR count). The second kappa shape index (κ2) is 13.1. The molecule has 4 heterocycles. The van der Waals surface area contributed by atoms with Gasteiger partial charge in [0.2, 0.25) is 0 Å². The second-order valence-electron chi connectivity index (χ2n) is 12.1. The third kappa shape index (κ3) is 7.26. The van der Waals surface area contributed by atoms with Gasteiger partial charge in [-0.15, -0.1) is 0 Å². The summed E-state index contributed by atoms with van der Waals surface area (Å²) in [4.78, 5) is 22.1. The van der Waals surface area contributed by atoms with Crippen LogP contribution in [0, 0.1) is 32.6 Å². The maximum absolute atomic E-state index is 14.1. The Bertz CT molecular complexity index is 1950. The fraction of sp³-hybridized carbons (Fsp3) is 0.343. The van der Waals surface area contributed by atoms with Crippen molar-refractivity contribution < 1.29 is 22.5 Å². The molecule has 0 atom stereocenters. The molecule has 2 aliphatic rings. The largest absolute Gasteiger partial charge is 0.416 e. The number of allylic oxidation sites excluding steroid dienone is 3. The molecule has 1 aromatic carbocycles. The highest BCUT2D eigenvalue weighted by atomic mass is 19.4. The summed E-state index contributed by atoms with van der Waals surface area (Å²) in [5, 5.41) is 9.94. The third-order valence-electron chi connectivity index (χ3n) is 8.55. The van der Waals surface area contributed by atoms with Crippen LogP contribution in [-0.2, 0) is 0 Å². The molecule has 4 aromatic rings. The molecule has 0 unspecified atom stereocenters. The normalized spacial score (nSPS) is 16.2. The highest BCUT2D eigenvalue weighted by molar-refractivity contribution is 5.96. The molecule has 1 aliphatic carbocycles. The lowest BCUT2D eigenvalue weighted by atomic mass is 9.94. The minimum Gasteiger partial charge on any atom is -0.360 e. The van der Waals surface area contributed by atoms with Crippen LogP contribution < -0.4 is 10.6 Å². The van der Waals surface area contributed by atoms with Crippen molar-refractivity contribution in [3.63, 3.8) is 0 Å². The molecule has 0 spiro atoms. The molecule has 9 nitrogen and oxygen atoms in total. The molecule has 2 N–H and O–H groups in total. The van der Waals surface area contributed by atoms with E-state index in [1.165, 1.54) is 0 Å². The number of carbonyl (C=O) groups excluding carboxylic acids is 1. The number of benzene rings is 1. The molecule has 1 saturated heterocycles. The predicted octanol–water partition coefficient (Wildman–Crippen LogP) is 5.90. The van der Waals surface area contributed by atoms with Crippen molar-refractivity contribution in [3.8, 4) is 11.8 Å². The van der Waals surface area contributed by atoms with Crippen molar-refractivity contribution in [2.75, 3.05) is 45.1 Å². The predicted molar refractivity (Wildman–Crippen MR) is 173 cm³/mol. The van der Waals surface area contributed by atoms with E-state index in [0.29, 0.717) is 46.0 Å². The van der Waals surface area contributed by atoms with Gasteiger partial charge in [0.25, 0.3) is 5.91 Å². The van der Waals surface area contributed by atoms with E-state index < -0.39 is 17.7 Å². The number of alkyl halides is 3. The van der Waals surface area contributed by atoms with Gasteiger partial charge in [-0.3, -0.25) is 14.1 Å². The average molecular weight is 644 g/mol. The van der Waals surface area contributed by atoms with Crippen LogP contribution in [0.1, 0.15) is 51.5 Å². The van der Waals surface area contributed by atoms with Gasteiger partial charge in [-0.05, 0) is 88.1 Å². The van der Waals surface area contributed by atoms with E-state index in [0.717, 1.165) is 49.2 Å². The van der Waals surface area contributed by atoms with Gasteiger partial charge in [0.15, 0.2) is 11.5 Å². The Morgan fingerprint density at radius 3 is 2.53 bits per heavy atom. The molecule has 1 amide bonds. The molecule has 12 heteroatoms. The lowest BCUT2D eigenvalue weighted by Gasteiger charge is -2.34. The number of aromatic nitrogens is 3.